The molecule has 2 heteroatoms. The van der Waals surface area contributed by atoms with E-state index in [4.69, 9.17) is 4.74 Å². The number of hydrogen-bond acceptors (Lipinski definition) is 2. The zero-order valence-electron chi connectivity index (χ0n) is 9.94. The molecule has 0 saturated carbocycles. The van der Waals surface area contributed by atoms with E-state index in [9.17, 15) is 0 Å². The van der Waals surface area contributed by atoms with Crippen LogP contribution < -0.4 is 5.32 Å². The van der Waals surface area contributed by atoms with Crippen molar-refractivity contribution in [2.24, 2.45) is 0 Å². The van der Waals surface area contributed by atoms with Gasteiger partial charge in [-0.2, -0.15) is 0 Å². The molecule has 0 aromatic rings. The molecule has 0 radical (unpaired) electrons. The third kappa shape index (κ3) is 8.27. The Morgan fingerprint density at radius 3 is 2.64 bits per heavy atom. The monoisotopic (exact) mass is 199 g/mol. The first-order chi connectivity index (χ1) is 6.70. The van der Waals surface area contributed by atoms with Crippen molar-refractivity contribution in [3.63, 3.8) is 0 Å². The van der Waals surface area contributed by atoms with E-state index in [-0.39, 0.29) is 0 Å². The molecule has 0 aliphatic rings. The number of allylic oxidation sites excluding steroid dienone is 1. The molecule has 0 aliphatic heterocycles. The number of nitrogens with one attached hydrogen (secondary N) is 1. The van der Waals surface area contributed by atoms with Crippen LogP contribution in [-0.2, 0) is 4.74 Å². The fourth-order valence-electron chi connectivity index (χ4n) is 1.53. The topological polar surface area (TPSA) is 21.3 Å². The summed E-state index contributed by atoms with van der Waals surface area (Å²) < 4.78 is 5.05. The number of ether oxygens (including phenoxy) is 1. The standard InChI is InChI=1S/C12H25NO/c1-5-13-12(7-6-10-14-4)9-8-11(2)3/h12-13H,2,5-10H2,1,3-4H3. The molecule has 0 saturated heterocycles. The quantitative estimate of drug-likeness (QED) is 0.455. The zero-order valence-corrected chi connectivity index (χ0v) is 9.94. The summed E-state index contributed by atoms with van der Waals surface area (Å²) in [4.78, 5) is 0. The summed E-state index contributed by atoms with van der Waals surface area (Å²) in [6.07, 6.45) is 4.68. The van der Waals surface area contributed by atoms with Gasteiger partial charge in [-0.1, -0.05) is 12.5 Å². The van der Waals surface area contributed by atoms with E-state index in [0.717, 1.165) is 26.0 Å². The maximum Gasteiger partial charge on any atom is 0.0462 e. The minimum Gasteiger partial charge on any atom is -0.385 e. The Bertz CT molecular complexity index is 145. The van der Waals surface area contributed by atoms with Crippen molar-refractivity contribution >= 4 is 0 Å². The van der Waals surface area contributed by atoms with Gasteiger partial charge in [0.2, 0.25) is 0 Å². The Hall–Kier alpha value is -0.340. The van der Waals surface area contributed by atoms with Gasteiger partial charge in [-0.25, -0.2) is 0 Å². The molecule has 0 heterocycles. The molecule has 14 heavy (non-hydrogen) atoms. The molecule has 0 aromatic heterocycles. The van der Waals surface area contributed by atoms with Gasteiger partial charge in [0, 0.05) is 19.8 Å². The highest BCUT2D eigenvalue weighted by molar-refractivity contribution is 4.89. The van der Waals surface area contributed by atoms with E-state index in [1.807, 2.05) is 0 Å². The predicted octanol–water partition coefficient (Wildman–Crippen LogP) is 2.75. The normalized spacial score (nSPS) is 12.8. The SMILES string of the molecule is C=C(C)CCC(CCCOC)NCC. The minimum absolute atomic E-state index is 0.631. The number of methoxy groups -OCH3 is 1. The molecule has 0 aliphatic carbocycles. The van der Waals surface area contributed by atoms with Gasteiger partial charge in [-0.15, -0.1) is 6.58 Å². The lowest BCUT2D eigenvalue weighted by molar-refractivity contribution is 0.188. The molecule has 1 unspecified atom stereocenters. The molecule has 0 aromatic carbocycles. The van der Waals surface area contributed by atoms with Gasteiger partial charge in [0.15, 0.2) is 0 Å². The van der Waals surface area contributed by atoms with Crippen molar-refractivity contribution in [2.75, 3.05) is 20.3 Å². The summed E-state index contributed by atoms with van der Waals surface area (Å²) in [6, 6.07) is 0.631. The lowest BCUT2D eigenvalue weighted by atomic mass is 10.0. The first-order valence-electron chi connectivity index (χ1n) is 5.57. The third-order valence-corrected chi connectivity index (χ3v) is 2.31. The van der Waals surface area contributed by atoms with Gasteiger partial charge in [-0.05, 0) is 39.2 Å². The largest absolute Gasteiger partial charge is 0.385 e. The molecular formula is C12H25NO. The molecule has 0 bridgehead atoms. The Morgan fingerprint density at radius 1 is 1.43 bits per heavy atom. The highest BCUT2D eigenvalue weighted by atomic mass is 16.5. The van der Waals surface area contributed by atoms with Gasteiger partial charge >= 0.3 is 0 Å². The fraction of sp³-hybridized carbons (Fsp3) is 0.833. The van der Waals surface area contributed by atoms with Crippen LogP contribution in [-0.4, -0.2) is 26.3 Å². The van der Waals surface area contributed by atoms with Gasteiger partial charge in [0.1, 0.15) is 0 Å². The van der Waals surface area contributed by atoms with E-state index < -0.39 is 0 Å². The Balaban J connectivity index is 3.59. The van der Waals surface area contributed by atoms with E-state index in [1.54, 1.807) is 7.11 Å². The van der Waals surface area contributed by atoms with Crippen LogP contribution in [0.4, 0.5) is 0 Å². The minimum atomic E-state index is 0.631. The molecule has 0 rings (SSSR count). The molecule has 0 amide bonds. The maximum atomic E-state index is 5.05. The van der Waals surface area contributed by atoms with Crippen LogP contribution in [0.25, 0.3) is 0 Å². The van der Waals surface area contributed by atoms with Gasteiger partial charge in [0.25, 0.3) is 0 Å². The number of rotatable bonds is 9. The maximum absolute atomic E-state index is 5.05. The van der Waals surface area contributed by atoms with Crippen LogP contribution in [0.5, 0.6) is 0 Å². The van der Waals surface area contributed by atoms with Crippen LogP contribution in [0, 0.1) is 0 Å². The van der Waals surface area contributed by atoms with E-state index in [2.05, 4.69) is 25.7 Å². The predicted molar refractivity (Wildman–Crippen MR) is 62.6 cm³/mol. The lowest BCUT2D eigenvalue weighted by Crippen LogP contribution is -2.29. The molecule has 1 atom stereocenters. The van der Waals surface area contributed by atoms with Crippen LogP contribution in [0.2, 0.25) is 0 Å². The second-order valence-corrected chi connectivity index (χ2v) is 3.89. The highest BCUT2D eigenvalue weighted by Crippen LogP contribution is 2.09. The molecule has 84 valence electrons. The summed E-state index contributed by atoms with van der Waals surface area (Å²) in [5.41, 5.74) is 1.28. The first kappa shape index (κ1) is 13.7. The smallest absolute Gasteiger partial charge is 0.0462 e. The second kappa shape index (κ2) is 9.22. The molecular weight excluding hydrogens is 174 g/mol. The van der Waals surface area contributed by atoms with Crippen molar-refractivity contribution in [3.8, 4) is 0 Å². The van der Waals surface area contributed by atoms with Crippen LogP contribution in [0.1, 0.15) is 39.5 Å². The van der Waals surface area contributed by atoms with Crippen molar-refractivity contribution in [1.82, 2.24) is 5.32 Å². The molecule has 2 nitrogen and oxygen atoms in total. The van der Waals surface area contributed by atoms with E-state index in [0.29, 0.717) is 6.04 Å². The average molecular weight is 199 g/mol. The molecule has 0 fully saturated rings. The summed E-state index contributed by atoms with van der Waals surface area (Å²) in [5, 5.41) is 3.50. The van der Waals surface area contributed by atoms with E-state index >= 15 is 0 Å². The summed E-state index contributed by atoms with van der Waals surface area (Å²) in [6.45, 7) is 10.1. The number of hydrogen-bond donors (Lipinski definition) is 1. The average Bonchev–Trinajstić information content (AvgIpc) is 2.14. The molecule has 0 spiro atoms. The van der Waals surface area contributed by atoms with Gasteiger partial charge in [0.05, 0.1) is 0 Å². The lowest BCUT2D eigenvalue weighted by Gasteiger charge is -2.17. The summed E-state index contributed by atoms with van der Waals surface area (Å²) in [7, 11) is 1.76. The molecule has 1 N–H and O–H groups in total. The first-order valence-corrected chi connectivity index (χ1v) is 5.57. The third-order valence-electron chi connectivity index (χ3n) is 2.31. The zero-order chi connectivity index (χ0) is 10.8. The Kier molecular flexibility index (Phi) is 9.00. The van der Waals surface area contributed by atoms with Crippen molar-refractivity contribution in [2.45, 2.75) is 45.6 Å². The Labute approximate surface area is 88.7 Å². The van der Waals surface area contributed by atoms with E-state index in [1.165, 1.54) is 18.4 Å². The van der Waals surface area contributed by atoms with Gasteiger partial charge < -0.3 is 10.1 Å². The second-order valence-electron chi connectivity index (χ2n) is 3.89. The Morgan fingerprint density at radius 2 is 2.14 bits per heavy atom. The summed E-state index contributed by atoms with van der Waals surface area (Å²) >= 11 is 0. The van der Waals surface area contributed by atoms with Crippen LogP contribution in [0.3, 0.4) is 0 Å². The highest BCUT2D eigenvalue weighted by Gasteiger charge is 2.06. The summed E-state index contributed by atoms with van der Waals surface area (Å²) in [5.74, 6) is 0. The van der Waals surface area contributed by atoms with Crippen LogP contribution in [0.15, 0.2) is 12.2 Å². The van der Waals surface area contributed by atoms with Crippen molar-refractivity contribution < 1.29 is 4.74 Å². The van der Waals surface area contributed by atoms with Crippen LogP contribution >= 0.6 is 0 Å². The van der Waals surface area contributed by atoms with Crippen molar-refractivity contribution in [1.29, 1.82) is 0 Å². The van der Waals surface area contributed by atoms with Crippen molar-refractivity contribution in [3.05, 3.63) is 12.2 Å². The van der Waals surface area contributed by atoms with Gasteiger partial charge in [-0.3, -0.25) is 0 Å². The fourth-order valence-corrected chi connectivity index (χ4v) is 1.53.